The third kappa shape index (κ3) is 5.18. The maximum atomic E-state index is 13.2. The van der Waals surface area contributed by atoms with Crippen molar-refractivity contribution < 1.29 is 4.74 Å². The van der Waals surface area contributed by atoms with Crippen molar-refractivity contribution in [3.8, 4) is 5.75 Å². The second-order valence-electron chi connectivity index (χ2n) is 9.95. The first-order valence-electron chi connectivity index (χ1n) is 12.5. The second kappa shape index (κ2) is 10.6. The molecular weight excluding hydrogens is 452 g/mol. The van der Waals surface area contributed by atoms with E-state index in [2.05, 4.69) is 65.2 Å². The van der Waals surface area contributed by atoms with Crippen LogP contribution in [0, 0.1) is 6.92 Å². The first kappa shape index (κ1) is 25.6. The quantitative estimate of drug-likeness (QED) is 0.333. The van der Waals surface area contributed by atoms with Gasteiger partial charge in [-0.2, -0.15) is 0 Å². The van der Waals surface area contributed by atoms with Gasteiger partial charge in [0, 0.05) is 18.7 Å². The van der Waals surface area contributed by atoms with E-state index in [1.54, 1.807) is 7.11 Å². The number of ether oxygens (including phenoxy) is 1. The van der Waals surface area contributed by atoms with Gasteiger partial charge in [0.1, 0.15) is 5.75 Å². The van der Waals surface area contributed by atoms with Crippen molar-refractivity contribution in [1.82, 2.24) is 30.1 Å². The number of hydrogen-bond acceptors (Lipinski definition) is 6. The zero-order valence-corrected chi connectivity index (χ0v) is 22.1. The molecule has 0 amide bonds. The van der Waals surface area contributed by atoms with Crippen LogP contribution in [0.1, 0.15) is 69.1 Å². The Bertz CT molecular complexity index is 1370. The third-order valence-electron chi connectivity index (χ3n) is 7.14. The normalized spacial score (nSPS) is 12.9. The molecule has 0 saturated heterocycles. The highest BCUT2D eigenvalue weighted by Gasteiger charge is 2.31. The van der Waals surface area contributed by atoms with Gasteiger partial charge >= 0.3 is 0 Å². The molecule has 0 aliphatic rings. The number of nitrogens with zero attached hydrogens (tertiary/aromatic N) is 5. The lowest BCUT2D eigenvalue weighted by molar-refractivity contribution is 0.150. The first-order valence-corrected chi connectivity index (χ1v) is 12.5. The molecule has 0 aliphatic heterocycles. The summed E-state index contributed by atoms with van der Waals surface area (Å²) in [6.45, 7) is 11.7. The highest BCUT2D eigenvalue weighted by Crippen LogP contribution is 2.30. The van der Waals surface area contributed by atoms with Crippen molar-refractivity contribution >= 4 is 10.9 Å². The average molecular weight is 489 g/mol. The van der Waals surface area contributed by atoms with E-state index in [0.717, 1.165) is 46.4 Å². The summed E-state index contributed by atoms with van der Waals surface area (Å²) < 4.78 is 7.28. The lowest BCUT2D eigenvalue weighted by Gasteiger charge is -2.33. The molecule has 0 radical (unpaired) electrons. The van der Waals surface area contributed by atoms with Gasteiger partial charge in [0.25, 0.3) is 5.56 Å². The molecule has 0 spiro atoms. The molecule has 8 heteroatoms. The molecule has 0 saturated carbocycles. The van der Waals surface area contributed by atoms with Crippen molar-refractivity contribution in [2.45, 2.75) is 72.1 Å². The Balaban J connectivity index is 1.77. The summed E-state index contributed by atoms with van der Waals surface area (Å²) in [5.41, 5.74) is 3.48. The topological polar surface area (TPSA) is 88.9 Å². The lowest BCUT2D eigenvalue weighted by Crippen LogP contribution is -2.36. The van der Waals surface area contributed by atoms with Gasteiger partial charge < -0.3 is 9.72 Å². The number of benzene rings is 2. The Morgan fingerprint density at radius 2 is 1.86 bits per heavy atom. The van der Waals surface area contributed by atoms with Gasteiger partial charge in [0.15, 0.2) is 5.82 Å². The first-order chi connectivity index (χ1) is 17.3. The smallest absolute Gasteiger partial charge is 0.252 e. The molecular formula is C28H36N6O2. The molecule has 0 unspecified atom stereocenters. The highest BCUT2D eigenvalue weighted by atomic mass is 16.5. The molecule has 2 aromatic carbocycles. The van der Waals surface area contributed by atoms with E-state index in [1.165, 1.54) is 0 Å². The van der Waals surface area contributed by atoms with E-state index in [0.29, 0.717) is 18.7 Å². The number of nitrogens with one attached hydrogen (secondary N) is 1. The number of aromatic amines is 1. The molecule has 8 nitrogen and oxygen atoms in total. The molecule has 4 rings (SSSR count). The van der Waals surface area contributed by atoms with E-state index in [9.17, 15) is 4.79 Å². The van der Waals surface area contributed by atoms with Crippen LogP contribution in [0.15, 0.2) is 53.3 Å². The number of rotatable bonds is 10. The largest absolute Gasteiger partial charge is 0.497 e. The summed E-state index contributed by atoms with van der Waals surface area (Å²) in [6.07, 6.45) is 1.69. The number of H-pyrrole nitrogens is 1. The third-order valence-corrected chi connectivity index (χ3v) is 7.14. The van der Waals surface area contributed by atoms with Gasteiger partial charge in [-0.3, -0.25) is 9.69 Å². The zero-order valence-electron chi connectivity index (χ0n) is 22.1. The van der Waals surface area contributed by atoms with Crippen LogP contribution in [0.3, 0.4) is 0 Å². The maximum Gasteiger partial charge on any atom is 0.252 e. The molecule has 0 bridgehead atoms. The average Bonchev–Trinajstić information content (AvgIpc) is 3.36. The minimum Gasteiger partial charge on any atom is -0.497 e. The molecule has 190 valence electrons. The summed E-state index contributed by atoms with van der Waals surface area (Å²) in [5, 5.41) is 13.9. The van der Waals surface area contributed by atoms with E-state index in [1.807, 2.05) is 48.0 Å². The van der Waals surface area contributed by atoms with E-state index < -0.39 is 0 Å². The van der Waals surface area contributed by atoms with Crippen LogP contribution in [-0.2, 0) is 18.6 Å². The Morgan fingerprint density at radius 3 is 2.53 bits per heavy atom. The summed E-state index contributed by atoms with van der Waals surface area (Å²) in [4.78, 5) is 18.6. The number of fused-ring (bicyclic) bond motifs is 1. The molecule has 0 fully saturated rings. The van der Waals surface area contributed by atoms with Gasteiger partial charge in [0.2, 0.25) is 0 Å². The van der Waals surface area contributed by atoms with Crippen molar-refractivity contribution in [3.63, 3.8) is 0 Å². The van der Waals surface area contributed by atoms with Crippen LogP contribution in [0.25, 0.3) is 10.9 Å². The van der Waals surface area contributed by atoms with E-state index in [4.69, 9.17) is 4.74 Å². The van der Waals surface area contributed by atoms with Crippen molar-refractivity contribution in [3.05, 3.63) is 81.4 Å². The van der Waals surface area contributed by atoms with Gasteiger partial charge in [-0.25, -0.2) is 4.68 Å². The van der Waals surface area contributed by atoms with Gasteiger partial charge in [-0.05, 0) is 78.8 Å². The molecule has 4 aromatic rings. The molecule has 2 aromatic heterocycles. The summed E-state index contributed by atoms with van der Waals surface area (Å²) in [5.74, 6) is 1.62. The van der Waals surface area contributed by atoms with Crippen molar-refractivity contribution in [2.24, 2.45) is 0 Å². The monoisotopic (exact) mass is 488 g/mol. The predicted molar refractivity (Wildman–Crippen MR) is 142 cm³/mol. The fraction of sp³-hybridized carbons (Fsp3) is 0.429. The molecule has 1 atom stereocenters. The number of methoxy groups -OCH3 is 1. The van der Waals surface area contributed by atoms with Crippen LogP contribution in [0.4, 0.5) is 0 Å². The van der Waals surface area contributed by atoms with Crippen LogP contribution in [0.5, 0.6) is 5.75 Å². The molecule has 0 aliphatic carbocycles. The van der Waals surface area contributed by atoms with E-state index in [-0.39, 0.29) is 17.1 Å². The number of para-hydroxylation sites is 1. The lowest BCUT2D eigenvalue weighted by atomic mass is 10.0. The fourth-order valence-corrected chi connectivity index (χ4v) is 4.59. The number of aryl methyl sites for hydroxylation is 1. The van der Waals surface area contributed by atoms with Crippen LogP contribution >= 0.6 is 0 Å². The minimum atomic E-state index is -0.226. The second-order valence-corrected chi connectivity index (χ2v) is 9.95. The number of hydrogen-bond donors (Lipinski definition) is 1. The Kier molecular flexibility index (Phi) is 7.54. The Labute approximate surface area is 212 Å². The minimum absolute atomic E-state index is 0.0696. The number of aromatic nitrogens is 5. The van der Waals surface area contributed by atoms with Crippen LogP contribution < -0.4 is 10.3 Å². The van der Waals surface area contributed by atoms with Crippen molar-refractivity contribution in [1.29, 1.82) is 0 Å². The van der Waals surface area contributed by atoms with Gasteiger partial charge in [-0.15, -0.1) is 5.10 Å². The number of pyridine rings is 1. The molecule has 2 heterocycles. The van der Waals surface area contributed by atoms with E-state index >= 15 is 0 Å². The fourth-order valence-electron chi connectivity index (χ4n) is 4.59. The highest BCUT2D eigenvalue weighted by molar-refractivity contribution is 5.81. The standard InChI is InChI=1S/C28H36N6O2/c1-7-24(26-30-31-32-34(26)28(4,5)8-2)33(17-20-12-14-23(36-6)15-13-20)18-22-16-21-11-9-10-19(3)25(21)29-27(22)35/h9-16,24H,7-8,17-18H2,1-6H3,(H,29,35)/t24-/m0/s1. The van der Waals surface area contributed by atoms with Crippen LogP contribution in [0.2, 0.25) is 0 Å². The van der Waals surface area contributed by atoms with Crippen LogP contribution in [-0.4, -0.2) is 37.2 Å². The predicted octanol–water partition coefficient (Wildman–Crippen LogP) is 5.13. The maximum absolute atomic E-state index is 13.2. The number of tetrazole rings is 1. The van der Waals surface area contributed by atoms with Gasteiger partial charge in [0.05, 0.1) is 24.2 Å². The summed E-state index contributed by atoms with van der Waals surface area (Å²) in [7, 11) is 1.66. The van der Waals surface area contributed by atoms with Crippen molar-refractivity contribution in [2.75, 3.05) is 7.11 Å². The zero-order chi connectivity index (χ0) is 25.9. The van der Waals surface area contributed by atoms with Gasteiger partial charge in [-0.1, -0.05) is 44.2 Å². The molecule has 36 heavy (non-hydrogen) atoms. The molecule has 1 N–H and O–H groups in total. The Hall–Kier alpha value is -3.52. The SMILES string of the molecule is CC[C@@H](c1nnnn1C(C)(C)CC)N(Cc1ccc(OC)cc1)Cc1cc2cccc(C)c2[nH]c1=O. The Morgan fingerprint density at radius 1 is 1.11 bits per heavy atom. The summed E-state index contributed by atoms with van der Waals surface area (Å²) in [6, 6.07) is 16.0. The summed E-state index contributed by atoms with van der Waals surface area (Å²) >= 11 is 0.